The van der Waals surface area contributed by atoms with Gasteiger partial charge in [0.1, 0.15) is 18.2 Å². The number of ether oxygens (including phenoxy) is 1. The van der Waals surface area contributed by atoms with Crippen molar-refractivity contribution in [1.29, 1.82) is 0 Å². The molecule has 0 saturated carbocycles. The Morgan fingerprint density at radius 3 is 2.72 bits per heavy atom. The predicted octanol–water partition coefficient (Wildman–Crippen LogP) is 2.65. The van der Waals surface area contributed by atoms with Crippen LogP contribution < -0.4 is 15.0 Å². The Hall–Kier alpha value is -2.89. The van der Waals surface area contributed by atoms with E-state index in [0.717, 1.165) is 11.3 Å². The Labute approximate surface area is 145 Å². The van der Waals surface area contributed by atoms with E-state index >= 15 is 0 Å². The lowest BCUT2D eigenvalue weighted by Gasteiger charge is -2.17. The number of amides is 2. The molecule has 0 aromatic heterocycles. The van der Waals surface area contributed by atoms with Gasteiger partial charge in [-0.3, -0.25) is 9.59 Å². The van der Waals surface area contributed by atoms with Crippen LogP contribution in [0, 0.1) is 5.82 Å². The fraction of sp³-hybridized carbons (Fsp3) is 0.263. The Morgan fingerprint density at radius 2 is 2.04 bits per heavy atom. The molecule has 1 fully saturated rings. The van der Waals surface area contributed by atoms with Crippen LogP contribution in [0.1, 0.15) is 18.9 Å². The molecule has 1 atom stereocenters. The van der Waals surface area contributed by atoms with Crippen molar-refractivity contribution in [3.8, 4) is 5.75 Å². The summed E-state index contributed by atoms with van der Waals surface area (Å²) in [5, 5.41) is 2.77. The highest BCUT2D eigenvalue weighted by atomic mass is 19.1. The first-order valence-electron chi connectivity index (χ1n) is 8.06. The van der Waals surface area contributed by atoms with Gasteiger partial charge in [-0.25, -0.2) is 4.39 Å². The summed E-state index contributed by atoms with van der Waals surface area (Å²) in [5.74, 6) is 0.184. The van der Waals surface area contributed by atoms with E-state index in [4.69, 9.17) is 4.74 Å². The second-order valence-electron chi connectivity index (χ2n) is 6.02. The third-order valence-electron chi connectivity index (χ3n) is 3.98. The molecule has 1 saturated heterocycles. The minimum absolute atomic E-state index is 0.0211. The van der Waals surface area contributed by atoms with E-state index < -0.39 is 0 Å². The van der Waals surface area contributed by atoms with Gasteiger partial charge in [0.15, 0.2) is 0 Å². The molecule has 1 heterocycles. The van der Waals surface area contributed by atoms with Gasteiger partial charge in [-0.05, 0) is 42.0 Å². The molecule has 130 valence electrons. The number of benzene rings is 2. The lowest BCUT2D eigenvalue weighted by Crippen LogP contribution is -2.35. The standard InChI is InChI=1S/C19H19FN2O3/c1-13(23)21-16-10-19(24)22(11-16)17-5-7-18(8-6-17)25-12-14-3-2-4-15(20)9-14/h2-9,16H,10-12H2,1H3,(H,21,23)/t16-/m1/s1. The summed E-state index contributed by atoms with van der Waals surface area (Å²) < 4.78 is 18.8. The van der Waals surface area contributed by atoms with Gasteiger partial charge >= 0.3 is 0 Å². The van der Waals surface area contributed by atoms with Crippen LogP contribution >= 0.6 is 0 Å². The van der Waals surface area contributed by atoms with Crippen LogP contribution in [0.25, 0.3) is 0 Å². The molecule has 3 rings (SSSR count). The van der Waals surface area contributed by atoms with E-state index in [-0.39, 0.29) is 30.3 Å². The Balaban J connectivity index is 1.60. The van der Waals surface area contributed by atoms with Gasteiger partial charge in [-0.2, -0.15) is 0 Å². The van der Waals surface area contributed by atoms with Gasteiger partial charge < -0.3 is 15.0 Å². The lowest BCUT2D eigenvalue weighted by molar-refractivity contribution is -0.119. The van der Waals surface area contributed by atoms with E-state index in [0.29, 0.717) is 18.7 Å². The van der Waals surface area contributed by atoms with Gasteiger partial charge in [0.2, 0.25) is 11.8 Å². The van der Waals surface area contributed by atoms with Crippen LogP contribution in [0.4, 0.5) is 10.1 Å². The van der Waals surface area contributed by atoms with Crippen LogP contribution in [0.2, 0.25) is 0 Å². The third kappa shape index (κ3) is 4.35. The summed E-state index contributed by atoms with van der Waals surface area (Å²) in [6, 6.07) is 13.2. The van der Waals surface area contributed by atoms with E-state index in [1.807, 2.05) is 0 Å². The zero-order valence-corrected chi connectivity index (χ0v) is 13.9. The highest BCUT2D eigenvalue weighted by molar-refractivity contribution is 5.96. The third-order valence-corrected chi connectivity index (χ3v) is 3.98. The van der Waals surface area contributed by atoms with Gasteiger partial charge in [0.05, 0.1) is 6.04 Å². The first-order chi connectivity index (χ1) is 12.0. The number of nitrogens with zero attached hydrogens (tertiary/aromatic N) is 1. The topological polar surface area (TPSA) is 58.6 Å². The maximum Gasteiger partial charge on any atom is 0.229 e. The number of hydrogen-bond acceptors (Lipinski definition) is 3. The average Bonchev–Trinajstić information content (AvgIpc) is 2.93. The maximum atomic E-state index is 13.1. The first-order valence-corrected chi connectivity index (χ1v) is 8.06. The van der Waals surface area contributed by atoms with Crippen molar-refractivity contribution in [1.82, 2.24) is 5.32 Å². The van der Waals surface area contributed by atoms with Crippen molar-refractivity contribution in [3.05, 3.63) is 59.9 Å². The van der Waals surface area contributed by atoms with Crippen molar-refractivity contribution in [2.75, 3.05) is 11.4 Å². The fourth-order valence-electron chi connectivity index (χ4n) is 2.86. The zero-order chi connectivity index (χ0) is 17.8. The molecule has 5 nitrogen and oxygen atoms in total. The van der Waals surface area contributed by atoms with E-state index in [1.54, 1.807) is 41.3 Å². The van der Waals surface area contributed by atoms with Gasteiger partial charge in [0.25, 0.3) is 0 Å². The summed E-state index contributed by atoms with van der Waals surface area (Å²) in [6.07, 6.45) is 0.303. The molecule has 0 unspecified atom stereocenters. The fourth-order valence-corrected chi connectivity index (χ4v) is 2.86. The van der Waals surface area contributed by atoms with E-state index in [1.165, 1.54) is 19.1 Å². The van der Waals surface area contributed by atoms with Crippen LogP contribution in [0.3, 0.4) is 0 Å². The number of halogens is 1. The number of anilines is 1. The maximum absolute atomic E-state index is 13.1. The van der Waals surface area contributed by atoms with Crippen molar-refractivity contribution in [2.45, 2.75) is 26.0 Å². The monoisotopic (exact) mass is 342 g/mol. The molecule has 1 aliphatic rings. The van der Waals surface area contributed by atoms with Crippen molar-refractivity contribution < 1.29 is 18.7 Å². The first kappa shape index (κ1) is 17.0. The normalized spacial score (nSPS) is 16.8. The van der Waals surface area contributed by atoms with E-state index in [2.05, 4.69) is 5.32 Å². The summed E-state index contributed by atoms with van der Waals surface area (Å²) >= 11 is 0. The molecule has 1 aliphatic heterocycles. The van der Waals surface area contributed by atoms with Crippen LogP contribution in [0.5, 0.6) is 5.75 Å². The summed E-state index contributed by atoms with van der Waals surface area (Å²) in [4.78, 5) is 24.9. The Morgan fingerprint density at radius 1 is 1.28 bits per heavy atom. The Kier molecular flexibility index (Phi) is 4.97. The minimum atomic E-state index is -0.294. The molecular weight excluding hydrogens is 323 g/mol. The van der Waals surface area contributed by atoms with Crippen molar-refractivity contribution in [3.63, 3.8) is 0 Å². The highest BCUT2D eigenvalue weighted by Crippen LogP contribution is 2.24. The predicted molar refractivity (Wildman–Crippen MR) is 91.7 cm³/mol. The molecule has 0 spiro atoms. The van der Waals surface area contributed by atoms with Gasteiger partial charge in [-0.15, -0.1) is 0 Å². The number of hydrogen-bond donors (Lipinski definition) is 1. The van der Waals surface area contributed by atoms with Crippen LogP contribution in [-0.4, -0.2) is 24.4 Å². The van der Waals surface area contributed by atoms with E-state index in [9.17, 15) is 14.0 Å². The number of carbonyl (C=O) groups is 2. The molecular formula is C19H19FN2O3. The zero-order valence-electron chi connectivity index (χ0n) is 13.9. The number of rotatable bonds is 5. The molecule has 1 N–H and O–H groups in total. The minimum Gasteiger partial charge on any atom is -0.489 e. The summed E-state index contributed by atoms with van der Waals surface area (Å²) in [7, 11) is 0. The molecule has 6 heteroatoms. The van der Waals surface area contributed by atoms with Gasteiger partial charge in [-0.1, -0.05) is 12.1 Å². The number of carbonyl (C=O) groups excluding carboxylic acids is 2. The molecule has 25 heavy (non-hydrogen) atoms. The summed E-state index contributed by atoms with van der Waals surface area (Å²) in [5.41, 5.74) is 1.51. The van der Waals surface area contributed by atoms with Crippen molar-refractivity contribution in [2.24, 2.45) is 0 Å². The largest absolute Gasteiger partial charge is 0.489 e. The van der Waals surface area contributed by atoms with Crippen LogP contribution in [-0.2, 0) is 16.2 Å². The molecule has 2 amide bonds. The van der Waals surface area contributed by atoms with Crippen molar-refractivity contribution >= 4 is 17.5 Å². The molecule has 0 aliphatic carbocycles. The lowest BCUT2D eigenvalue weighted by atomic mass is 10.2. The molecule has 0 radical (unpaired) electrons. The highest BCUT2D eigenvalue weighted by Gasteiger charge is 2.30. The molecule has 2 aromatic rings. The van der Waals surface area contributed by atoms with Gasteiger partial charge in [0, 0.05) is 25.6 Å². The molecule has 2 aromatic carbocycles. The number of nitrogens with one attached hydrogen (secondary N) is 1. The second kappa shape index (κ2) is 7.34. The molecule has 0 bridgehead atoms. The average molecular weight is 342 g/mol. The smallest absolute Gasteiger partial charge is 0.229 e. The quantitative estimate of drug-likeness (QED) is 0.909. The van der Waals surface area contributed by atoms with Crippen LogP contribution in [0.15, 0.2) is 48.5 Å². The Bertz CT molecular complexity index is 776. The summed E-state index contributed by atoms with van der Waals surface area (Å²) in [6.45, 7) is 2.17. The second-order valence-corrected chi connectivity index (χ2v) is 6.02. The SMILES string of the molecule is CC(=O)N[C@@H]1CC(=O)N(c2ccc(OCc3cccc(F)c3)cc2)C1.